The lowest BCUT2D eigenvalue weighted by Gasteiger charge is -2.42. The van der Waals surface area contributed by atoms with Gasteiger partial charge < -0.3 is 4.90 Å². The summed E-state index contributed by atoms with van der Waals surface area (Å²) in [6, 6.07) is 8.53. The Balaban J connectivity index is 2.36. The summed E-state index contributed by atoms with van der Waals surface area (Å²) in [5.74, 6) is 0. The van der Waals surface area contributed by atoms with Crippen LogP contribution in [0.2, 0.25) is 0 Å². The second-order valence-electron chi connectivity index (χ2n) is 5.23. The minimum atomic E-state index is -0.00228. The largest absolute Gasteiger partial charge is 0.321 e. The quantitative estimate of drug-likeness (QED) is 0.741. The number of aryl methyl sites for hydroxylation is 1. The molecule has 1 N–H and O–H groups in total. The van der Waals surface area contributed by atoms with E-state index in [1.807, 2.05) is 0 Å². The summed E-state index contributed by atoms with van der Waals surface area (Å²) in [6.07, 6.45) is 2.24. The van der Waals surface area contributed by atoms with Gasteiger partial charge in [-0.25, -0.2) is 0 Å². The number of nitrogens with zero attached hydrogens (tertiary/aromatic N) is 1. The van der Waals surface area contributed by atoms with Crippen molar-refractivity contribution < 1.29 is 0 Å². The summed E-state index contributed by atoms with van der Waals surface area (Å²) < 4.78 is 0. The number of benzene rings is 1. The van der Waals surface area contributed by atoms with Crippen LogP contribution in [0.1, 0.15) is 26.3 Å². The van der Waals surface area contributed by atoms with Gasteiger partial charge in [0.1, 0.15) is 5.50 Å². The monoisotopic (exact) mass is 248 g/mol. The minimum absolute atomic E-state index is 0.00228. The van der Waals surface area contributed by atoms with Crippen LogP contribution in [0.3, 0.4) is 0 Å². The molecular formula is C14H20N2S. The number of anilines is 1. The molecule has 0 spiro atoms. The number of hydrogen-bond acceptors (Lipinski definition) is 3. The number of nitrogens with one attached hydrogen (secondary N) is 1. The van der Waals surface area contributed by atoms with Crippen LogP contribution in [0, 0.1) is 6.92 Å². The maximum Gasteiger partial charge on any atom is 0.130 e. The molecule has 0 bridgehead atoms. The van der Waals surface area contributed by atoms with Gasteiger partial charge in [0.2, 0.25) is 0 Å². The zero-order chi connectivity index (χ0) is 12.6. The van der Waals surface area contributed by atoms with Crippen LogP contribution in [0.25, 0.3) is 0 Å². The summed E-state index contributed by atoms with van der Waals surface area (Å²) >= 11 is 4.64. The van der Waals surface area contributed by atoms with Crippen molar-refractivity contribution in [1.82, 2.24) is 5.32 Å². The molecule has 0 saturated carbocycles. The van der Waals surface area contributed by atoms with Crippen LogP contribution in [-0.2, 0) is 0 Å². The Morgan fingerprint density at radius 2 is 1.76 bits per heavy atom. The van der Waals surface area contributed by atoms with Crippen LogP contribution >= 0.6 is 12.6 Å². The molecule has 1 heterocycles. The van der Waals surface area contributed by atoms with E-state index in [4.69, 9.17) is 0 Å². The number of hydrogen-bond donors (Lipinski definition) is 2. The fraction of sp³-hybridized carbons (Fsp3) is 0.429. The number of thiol groups is 1. The van der Waals surface area contributed by atoms with Crippen molar-refractivity contribution in [3.05, 3.63) is 41.6 Å². The second kappa shape index (κ2) is 4.39. The molecule has 2 nitrogen and oxygen atoms in total. The van der Waals surface area contributed by atoms with Gasteiger partial charge in [-0.15, -0.1) is 12.6 Å². The molecule has 3 heteroatoms. The van der Waals surface area contributed by atoms with Gasteiger partial charge in [0, 0.05) is 16.9 Å². The van der Waals surface area contributed by atoms with Crippen molar-refractivity contribution in [3.8, 4) is 0 Å². The van der Waals surface area contributed by atoms with Gasteiger partial charge in [0.15, 0.2) is 0 Å². The summed E-state index contributed by atoms with van der Waals surface area (Å²) in [5, 5.41) is 3.46. The predicted octanol–water partition coefficient (Wildman–Crippen LogP) is 3.30. The highest BCUT2D eigenvalue weighted by Gasteiger charge is 2.29. The van der Waals surface area contributed by atoms with Crippen molar-refractivity contribution in [3.63, 3.8) is 0 Å². The molecule has 92 valence electrons. The Hall–Kier alpha value is -0.930. The lowest BCUT2D eigenvalue weighted by molar-refractivity contribution is 0.434. The Morgan fingerprint density at radius 3 is 2.29 bits per heavy atom. The fourth-order valence-corrected chi connectivity index (χ4v) is 2.92. The van der Waals surface area contributed by atoms with Crippen LogP contribution in [0.5, 0.6) is 0 Å². The summed E-state index contributed by atoms with van der Waals surface area (Å²) in [7, 11) is 0. The van der Waals surface area contributed by atoms with Gasteiger partial charge in [-0.3, -0.25) is 5.32 Å². The standard InChI is InChI=1S/C14H20N2S/c1-10-5-7-12(8-6-10)16-11(2)9-14(3,4)15-13(16)17/h5-9,13,15,17H,1-4H3. The summed E-state index contributed by atoms with van der Waals surface area (Å²) in [4.78, 5) is 2.20. The van der Waals surface area contributed by atoms with Crippen LogP contribution in [-0.4, -0.2) is 11.0 Å². The molecule has 1 aromatic rings. The van der Waals surface area contributed by atoms with Crippen molar-refractivity contribution >= 4 is 18.3 Å². The van der Waals surface area contributed by atoms with E-state index in [9.17, 15) is 0 Å². The Bertz CT molecular complexity index is 434. The van der Waals surface area contributed by atoms with Crippen molar-refractivity contribution in [2.24, 2.45) is 0 Å². The van der Waals surface area contributed by atoms with Crippen LogP contribution in [0.4, 0.5) is 5.69 Å². The Labute approximate surface area is 109 Å². The highest BCUT2D eigenvalue weighted by atomic mass is 32.1. The van der Waals surface area contributed by atoms with E-state index in [2.05, 4.69) is 80.9 Å². The molecular weight excluding hydrogens is 228 g/mol. The molecule has 0 radical (unpaired) electrons. The molecule has 0 saturated heterocycles. The first kappa shape index (κ1) is 12.5. The molecule has 1 aromatic carbocycles. The first-order valence-electron chi connectivity index (χ1n) is 5.90. The van der Waals surface area contributed by atoms with E-state index in [1.165, 1.54) is 16.9 Å². The Morgan fingerprint density at radius 1 is 1.18 bits per heavy atom. The highest BCUT2D eigenvalue weighted by Crippen LogP contribution is 2.29. The van der Waals surface area contributed by atoms with E-state index < -0.39 is 0 Å². The van der Waals surface area contributed by atoms with Crippen LogP contribution < -0.4 is 10.2 Å². The van der Waals surface area contributed by atoms with E-state index in [0.717, 1.165) is 0 Å². The lowest BCUT2D eigenvalue weighted by atomic mass is 10.0. The SMILES string of the molecule is CC1=CC(C)(C)NC(S)N1c1ccc(C)cc1. The molecule has 0 aliphatic carbocycles. The van der Waals surface area contributed by atoms with E-state index in [0.29, 0.717) is 0 Å². The molecule has 0 amide bonds. The van der Waals surface area contributed by atoms with Gasteiger partial charge in [-0.1, -0.05) is 17.7 Å². The first-order chi connectivity index (χ1) is 7.89. The molecule has 1 atom stereocenters. The highest BCUT2D eigenvalue weighted by molar-refractivity contribution is 7.81. The van der Waals surface area contributed by atoms with Crippen molar-refractivity contribution in [2.75, 3.05) is 4.90 Å². The average Bonchev–Trinajstić information content (AvgIpc) is 2.18. The molecule has 1 aliphatic heterocycles. The van der Waals surface area contributed by atoms with Gasteiger partial charge in [0.25, 0.3) is 0 Å². The van der Waals surface area contributed by atoms with Crippen molar-refractivity contribution in [2.45, 2.75) is 38.7 Å². The first-order valence-corrected chi connectivity index (χ1v) is 6.42. The third-order valence-corrected chi connectivity index (χ3v) is 3.37. The van der Waals surface area contributed by atoms with Crippen molar-refractivity contribution in [1.29, 1.82) is 0 Å². The molecule has 0 fully saturated rings. The number of rotatable bonds is 1. The fourth-order valence-electron chi connectivity index (χ4n) is 2.27. The van der Waals surface area contributed by atoms with E-state index in [1.54, 1.807) is 0 Å². The van der Waals surface area contributed by atoms with E-state index in [-0.39, 0.29) is 11.0 Å². The minimum Gasteiger partial charge on any atom is -0.321 e. The molecule has 0 aromatic heterocycles. The molecule has 1 unspecified atom stereocenters. The smallest absolute Gasteiger partial charge is 0.130 e. The third-order valence-electron chi connectivity index (χ3n) is 3.01. The average molecular weight is 248 g/mol. The van der Waals surface area contributed by atoms with E-state index >= 15 is 0 Å². The van der Waals surface area contributed by atoms with Gasteiger partial charge >= 0.3 is 0 Å². The lowest BCUT2D eigenvalue weighted by Crippen LogP contribution is -2.54. The summed E-state index contributed by atoms with van der Waals surface area (Å²) in [6.45, 7) is 8.55. The molecule has 17 heavy (non-hydrogen) atoms. The van der Waals surface area contributed by atoms with Crippen LogP contribution in [0.15, 0.2) is 36.0 Å². The maximum atomic E-state index is 4.64. The summed E-state index contributed by atoms with van der Waals surface area (Å²) in [5.41, 5.74) is 3.69. The zero-order valence-corrected chi connectivity index (χ0v) is 11.8. The predicted molar refractivity (Wildman–Crippen MR) is 77.4 cm³/mol. The topological polar surface area (TPSA) is 15.3 Å². The molecule has 2 rings (SSSR count). The maximum absolute atomic E-state index is 4.64. The van der Waals surface area contributed by atoms with Gasteiger partial charge in [-0.05, 0) is 45.9 Å². The Kier molecular flexibility index (Phi) is 3.23. The third kappa shape index (κ3) is 2.67. The molecule has 1 aliphatic rings. The normalized spacial score (nSPS) is 23.5. The zero-order valence-electron chi connectivity index (χ0n) is 10.9. The van der Waals surface area contributed by atoms with Gasteiger partial charge in [-0.2, -0.15) is 0 Å². The second-order valence-corrected chi connectivity index (χ2v) is 5.72. The van der Waals surface area contributed by atoms with Gasteiger partial charge in [0.05, 0.1) is 0 Å². The number of allylic oxidation sites excluding steroid dienone is 1.